The third-order valence-corrected chi connectivity index (χ3v) is 3.86. The number of benzene rings is 1. The predicted molar refractivity (Wildman–Crippen MR) is 81.5 cm³/mol. The van der Waals surface area contributed by atoms with Crippen LogP contribution in [0.2, 0.25) is 5.02 Å². The van der Waals surface area contributed by atoms with Crippen LogP contribution >= 0.6 is 11.6 Å². The molecule has 0 saturated heterocycles. The van der Waals surface area contributed by atoms with Crippen LogP contribution in [0.5, 0.6) is 5.75 Å². The van der Waals surface area contributed by atoms with Crippen LogP contribution in [0.25, 0.3) is 0 Å². The summed E-state index contributed by atoms with van der Waals surface area (Å²) in [6.45, 7) is 4.85. The predicted octanol–water partition coefficient (Wildman–Crippen LogP) is 3.18. The van der Waals surface area contributed by atoms with E-state index in [2.05, 4.69) is 23.4 Å². The number of nitrogens with zero attached hydrogens (tertiary/aromatic N) is 2. The standard InChI is InChI=1S/C15H20ClN3O/c1-5-19-15(13(20-4)9-18-19)14(17-3)11-7-6-10(2)12(16)8-11/h6-9,14,17H,5H2,1-4H3. The zero-order valence-corrected chi connectivity index (χ0v) is 13.0. The van der Waals surface area contributed by atoms with Crippen molar-refractivity contribution < 1.29 is 4.74 Å². The van der Waals surface area contributed by atoms with E-state index in [0.29, 0.717) is 0 Å². The van der Waals surface area contributed by atoms with Crippen molar-refractivity contribution in [2.24, 2.45) is 0 Å². The van der Waals surface area contributed by atoms with Crippen molar-refractivity contribution in [2.45, 2.75) is 26.4 Å². The average molecular weight is 294 g/mol. The molecule has 0 radical (unpaired) electrons. The highest BCUT2D eigenvalue weighted by molar-refractivity contribution is 6.31. The van der Waals surface area contributed by atoms with Gasteiger partial charge in [-0.3, -0.25) is 4.68 Å². The van der Waals surface area contributed by atoms with E-state index in [1.165, 1.54) is 0 Å². The van der Waals surface area contributed by atoms with Gasteiger partial charge in [0.1, 0.15) is 5.69 Å². The molecule has 0 fully saturated rings. The molecule has 1 aromatic carbocycles. The summed E-state index contributed by atoms with van der Waals surface area (Å²) in [7, 11) is 3.58. The Bertz CT molecular complexity index is 573. The number of hydrogen-bond acceptors (Lipinski definition) is 3. The summed E-state index contributed by atoms with van der Waals surface area (Å²) in [5, 5.41) is 8.44. The quantitative estimate of drug-likeness (QED) is 0.920. The third kappa shape index (κ3) is 2.67. The Morgan fingerprint density at radius 3 is 2.75 bits per heavy atom. The topological polar surface area (TPSA) is 39.1 Å². The summed E-state index contributed by atoms with van der Waals surface area (Å²) in [6, 6.07) is 6.09. The van der Waals surface area contributed by atoms with Crippen molar-refractivity contribution in [3.05, 3.63) is 46.2 Å². The van der Waals surface area contributed by atoms with Crippen molar-refractivity contribution >= 4 is 11.6 Å². The lowest BCUT2D eigenvalue weighted by Crippen LogP contribution is -2.22. The van der Waals surface area contributed by atoms with Gasteiger partial charge in [0.05, 0.1) is 19.3 Å². The number of hydrogen-bond donors (Lipinski definition) is 1. The van der Waals surface area contributed by atoms with Gasteiger partial charge in [0.2, 0.25) is 0 Å². The minimum atomic E-state index is -0.00880. The van der Waals surface area contributed by atoms with Gasteiger partial charge >= 0.3 is 0 Å². The Morgan fingerprint density at radius 1 is 1.45 bits per heavy atom. The highest BCUT2D eigenvalue weighted by Gasteiger charge is 2.22. The molecule has 0 bridgehead atoms. The largest absolute Gasteiger partial charge is 0.493 e. The molecule has 1 aromatic heterocycles. The van der Waals surface area contributed by atoms with Crippen molar-refractivity contribution in [1.82, 2.24) is 15.1 Å². The summed E-state index contributed by atoms with van der Waals surface area (Å²) in [5.74, 6) is 0.780. The Kier molecular flexibility index (Phi) is 4.68. The van der Waals surface area contributed by atoms with E-state index < -0.39 is 0 Å². The molecule has 4 nitrogen and oxygen atoms in total. The smallest absolute Gasteiger partial charge is 0.161 e. The zero-order chi connectivity index (χ0) is 14.7. The van der Waals surface area contributed by atoms with Gasteiger partial charge < -0.3 is 10.1 Å². The fourth-order valence-corrected chi connectivity index (χ4v) is 2.52. The number of rotatable bonds is 5. The van der Waals surface area contributed by atoms with Crippen LogP contribution < -0.4 is 10.1 Å². The van der Waals surface area contributed by atoms with Crippen LogP contribution in [0.1, 0.15) is 29.8 Å². The van der Waals surface area contributed by atoms with Gasteiger partial charge in [0.15, 0.2) is 5.75 Å². The molecule has 0 amide bonds. The average Bonchev–Trinajstić information content (AvgIpc) is 2.86. The molecule has 0 aliphatic carbocycles. The summed E-state index contributed by atoms with van der Waals surface area (Å²) in [6.07, 6.45) is 1.75. The second kappa shape index (κ2) is 6.29. The van der Waals surface area contributed by atoms with Crippen molar-refractivity contribution in [3.8, 4) is 5.75 Å². The maximum absolute atomic E-state index is 6.24. The van der Waals surface area contributed by atoms with Crippen molar-refractivity contribution in [1.29, 1.82) is 0 Å². The summed E-state index contributed by atoms with van der Waals surface area (Å²) in [5.41, 5.74) is 3.18. The second-order valence-electron chi connectivity index (χ2n) is 4.64. The first-order valence-electron chi connectivity index (χ1n) is 6.65. The van der Waals surface area contributed by atoms with Crippen LogP contribution in [0.3, 0.4) is 0 Å². The molecular weight excluding hydrogens is 274 g/mol. The molecule has 1 N–H and O–H groups in total. The first-order valence-corrected chi connectivity index (χ1v) is 7.03. The summed E-state index contributed by atoms with van der Waals surface area (Å²) < 4.78 is 7.37. The first-order chi connectivity index (χ1) is 9.62. The van der Waals surface area contributed by atoms with Gasteiger partial charge in [-0.15, -0.1) is 0 Å². The van der Waals surface area contributed by atoms with Crippen LogP contribution in [0.4, 0.5) is 0 Å². The Hall–Kier alpha value is -1.52. The van der Waals surface area contributed by atoms with Crippen LogP contribution in [0.15, 0.2) is 24.4 Å². The number of ether oxygens (including phenoxy) is 1. The SMILES string of the molecule is CCn1ncc(OC)c1C(NC)c1ccc(C)c(Cl)c1. The highest BCUT2D eigenvalue weighted by atomic mass is 35.5. The fraction of sp³-hybridized carbons (Fsp3) is 0.400. The number of halogens is 1. The maximum atomic E-state index is 6.24. The fourth-order valence-electron chi connectivity index (χ4n) is 2.33. The summed E-state index contributed by atoms with van der Waals surface area (Å²) in [4.78, 5) is 0. The number of methoxy groups -OCH3 is 1. The Labute approximate surface area is 124 Å². The minimum absolute atomic E-state index is 0.00880. The zero-order valence-electron chi connectivity index (χ0n) is 12.3. The Balaban J connectivity index is 2.51. The van der Waals surface area contributed by atoms with Gasteiger partial charge in [0.25, 0.3) is 0 Å². The number of aryl methyl sites for hydroxylation is 2. The van der Waals surface area contributed by atoms with Crippen molar-refractivity contribution in [2.75, 3.05) is 14.2 Å². The first kappa shape index (κ1) is 14.9. The highest BCUT2D eigenvalue weighted by Crippen LogP contribution is 2.31. The van der Waals surface area contributed by atoms with Gasteiger partial charge in [-0.2, -0.15) is 5.10 Å². The number of aromatic nitrogens is 2. The van der Waals surface area contributed by atoms with E-state index in [9.17, 15) is 0 Å². The monoisotopic (exact) mass is 293 g/mol. The molecule has 1 atom stereocenters. The van der Waals surface area contributed by atoms with Gasteiger partial charge in [-0.25, -0.2) is 0 Å². The molecule has 108 valence electrons. The van der Waals surface area contributed by atoms with E-state index in [-0.39, 0.29) is 6.04 Å². The van der Waals surface area contributed by atoms with Crippen LogP contribution in [-0.4, -0.2) is 23.9 Å². The lowest BCUT2D eigenvalue weighted by molar-refractivity contribution is 0.401. The molecule has 0 spiro atoms. The van der Waals surface area contributed by atoms with E-state index in [0.717, 1.165) is 34.1 Å². The van der Waals surface area contributed by atoms with Crippen LogP contribution in [0, 0.1) is 6.92 Å². The van der Waals surface area contributed by atoms with E-state index in [1.54, 1.807) is 13.3 Å². The lowest BCUT2D eigenvalue weighted by atomic mass is 10.0. The molecule has 1 unspecified atom stereocenters. The molecular formula is C15H20ClN3O. The lowest BCUT2D eigenvalue weighted by Gasteiger charge is -2.20. The molecule has 0 saturated carbocycles. The molecule has 0 aliphatic rings. The molecule has 2 rings (SSSR count). The maximum Gasteiger partial charge on any atom is 0.161 e. The third-order valence-electron chi connectivity index (χ3n) is 3.46. The Morgan fingerprint density at radius 2 is 2.20 bits per heavy atom. The van der Waals surface area contributed by atoms with E-state index in [1.807, 2.05) is 30.8 Å². The van der Waals surface area contributed by atoms with E-state index in [4.69, 9.17) is 16.3 Å². The molecule has 20 heavy (non-hydrogen) atoms. The van der Waals surface area contributed by atoms with Gasteiger partial charge in [0, 0.05) is 11.6 Å². The summed E-state index contributed by atoms with van der Waals surface area (Å²) >= 11 is 6.24. The second-order valence-corrected chi connectivity index (χ2v) is 5.05. The molecule has 5 heteroatoms. The van der Waals surface area contributed by atoms with Crippen LogP contribution in [-0.2, 0) is 6.54 Å². The van der Waals surface area contributed by atoms with E-state index >= 15 is 0 Å². The van der Waals surface area contributed by atoms with Crippen molar-refractivity contribution in [3.63, 3.8) is 0 Å². The minimum Gasteiger partial charge on any atom is -0.493 e. The van der Waals surface area contributed by atoms with Gasteiger partial charge in [-0.1, -0.05) is 23.7 Å². The number of nitrogens with one attached hydrogen (secondary N) is 1. The normalized spacial score (nSPS) is 12.4. The molecule has 2 aromatic rings. The van der Waals surface area contributed by atoms with Gasteiger partial charge in [-0.05, 0) is 38.1 Å². The molecule has 0 aliphatic heterocycles. The molecule has 1 heterocycles.